The molecular weight excluding hydrogens is 316 g/mol. The Morgan fingerprint density at radius 3 is 2.52 bits per heavy atom. The summed E-state index contributed by atoms with van der Waals surface area (Å²) in [6, 6.07) is 9.04. The van der Waals surface area contributed by atoms with Crippen molar-refractivity contribution in [1.82, 2.24) is 0 Å². The maximum Gasteiger partial charge on any atom is 0.299 e. The molecule has 0 atom stereocenters. The molecule has 3 rings (SSSR count). The predicted molar refractivity (Wildman–Crippen MR) is 78.4 cm³/mol. The molecule has 0 spiro atoms. The Morgan fingerprint density at radius 1 is 1.05 bits per heavy atom. The number of carbonyl (C=O) groups excluding carboxylic acids is 2. The molecule has 0 aliphatic carbocycles. The molecule has 0 N–H and O–H groups in total. The van der Waals surface area contributed by atoms with Gasteiger partial charge in [0.25, 0.3) is 11.7 Å². The van der Waals surface area contributed by atoms with Gasteiger partial charge < -0.3 is 0 Å². The Kier molecular flexibility index (Phi) is 3.43. The topological polar surface area (TPSA) is 37.4 Å². The number of rotatable bonds is 2. The summed E-state index contributed by atoms with van der Waals surface area (Å²) >= 11 is 12.0. The van der Waals surface area contributed by atoms with E-state index in [1.54, 1.807) is 18.2 Å². The number of hydrogen-bond donors (Lipinski definition) is 0. The normalized spacial score (nSPS) is 13.8. The number of para-hydroxylation sites is 1. The van der Waals surface area contributed by atoms with E-state index >= 15 is 0 Å². The van der Waals surface area contributed by atoms with Crippen molar-refractivity contribution in [3.8, 4) is 0 Å². The first kappa shape index (κ1) is 14.0. The molecule has 6 heteroatoms. The highest BCUT2D eigenvalue weighted by Gasteiger charge is 2.37. The second-order valence-electron chi connectivity index (χ2n) is 4.57. The molecule has 3 nitrogen and oxygen atoms in total. The number of anilines is 1. The molecular formula is C15H8Cl2FNO2. The minimum Gasteiger partial charge on any atom is -0.299 e. The first-order valence-electron chi connectivity index (χ1n) is 6.08. The van der Waals surface area contributed by atoms with Gasteiger partial charge in [0.1, 0.15) is 5.82 Å². The molecule has 0 fully saturated rings. The minimum atomic E-state index is -0.696. The van der Waals surface area contributed by atoms with Crippen molar-refractivity contribution >= 4 is 40.6 Å². The van der Waals surface area contributed by atoms with E-state index in [0.717, 1.165) is 0 Å². The Labute approximate surface area is 129 Å². The van der Waals surface area contributed by atoms with Gasteiger partial charge in [0, 0.05) is 0 Å². The van der Waals surface area contributed by atoms with Crippen LogP contribution in [0.3, 0.4) is 0 Å². The first-order chi connectivity index (χ1) is 10.0. The monoisotopic (exact) mass is 323 g/mol. The van der Waals surface area contributed by atoms with Crippen molar-refractivity contribution in [3.63, 3.8) is 0 Å². The molecule has 1 aliphatic heterocycles. The van der Waals surface area contributed by atoms with Gasteiger partial charge >= 0.3 is 0 Å². The highest BCUT2D eigenvalue weighted by atomic mass is 35.5. The van der Waals surface area contributed by atoms with E-state index < -0.39 is 17.5 Å². The highest BCUT2D eigenvalue weighted by molar-refractivity contribution is 6.54. The van der Waals surface area contributed by atoms with Crippen LogP contribution < -0.4 is 4.90 Å². The SMILES string of the molecule is O=C1C(=O)N(Cc2cccc(F)c2Cl)c2c(Cl)cccc21. The van der Waals surface area contributed by atoms with Gasteiger partial charge in [0.2, 0.25) is 0 Å². The highest BCUT2D eigenvalue weighted by Crippen LogP contribution is 2.37. The van der Waals surface area contributed by atoms with Gasteiger partial charge in [-0.1, -0.05) is 41.4 Å². The lowest BCUT2D eigenvalue weighted by atomic mass is 10.1. The van der Waals surface area contributed by atoms with Crippen LogP contribution in [0.2, 0.25) is 10.0 Å². The van der Waals surface area contributed by atoms with E-state index in [-0.39, 0.29) is 17.1 Å². The third-order valence-electron chi connectivity index (χ3n) is 3.30. The van der Waals surface area contributed by atoms with E-state index in [2.05, 4.69) is 0 Å². The molecule has 1 heterocycles. The molecule has 0 saturated carbocycles. The van der Waals surface area contributed by atoms with Crippen molar-refractivity contribution < 1.29 is 14.0 Å². The van der Waals surface area contributed by atoms with Gasteiger partial charge in [0.05, 0.1) is 27.8 Å². The number of benzene rings is 2. The Morgan fingerprint density at radius 2 is 1.76 bits per heavy atom. The quantitative estimate of drug-likeness (QED) is 0.787. The van der Waals surface area contributed by atoms with Crippen LogP contribution in [0.25, 0.3) is 0 Å². The fourth-order valence-corrected chi connectivity index (χ4v) is 2.77. The number of hydrogen-bond acceptors (Lipinski definition) is 2. The summed E-state index contributed by atoms with van der Waals surface area (Å²) in [5, 5.41) is 0.220. The Hall–Kier alpha value is -1.91. The second-order valence-corrected chi connectivity index (χ2v) is 5.35. The molecule has 1 amide bonds. The molecule has 0 radical (unpaired) electrons. The smallest absolute Gasteiger partial charge is 0.299 e. The van der Waals surface area contributed by atoms with E-state index in [0.29, 0.717) is 16.3 Å². The maximum atomic E-state index is 13.5. The van der Waals surface area contributed by atoms with E-state index in [1.165, 1.54) is 23.1 Å². The van der Waals surface area contributed by atoms with Crippen LogP contribution in [-0.2, 0) is 11.3 Å². The van der Waals surface area contributed by atoms with Gasteiger partial charge in [0.15, 0.2) is 0 Å². The number of nitrogens with zero attached hydrogens (tertiary/aromatic N) is 1. The van der Waals surface area contributed by atoms with Crippen LogP contribution in [0.1, 0.15) is 15.9 Å². The summed E-state index contributed by atoms with van der Waals surface area (Å²) < 4.78 is 13.5. The lowest BCUT2D eigenvalue weighted by Gasteiger charge is -2.18. The third kappa shape index (κ3) is 2.20. The first-order valence-corrected chi connectivity index (χ1v) is 6.84. The lowest BCUT2D eigenvalue weighted by molar-refractivity contribution is -0.114. The molecule has 0 unspecified atom stereocenters. The van der Waals surface area contributed by atoms with Gasteiger partial charge in [-0.15, -0.1) is 0 Å². The van der Waals surface area contributed by atoms with E-state index in [9.17, 15) is 14.0 Å². The Bertz CT molecular complexity index is 776. The molecule has 1 aliphatic rings. The molecule has 0 aromatic heterocycles. The molecule has 2 aromatic rings. The standard InChI is InChI=1S/C15H8Cl2FNO2/c16-10-5-2-4-9-13(10)19(15(21)14(9)20)7-8-3-1-6-11(18)12(8)17/h1-6H,7H2. The van der Waals surface area contributed by atoms with Gasteiger partial charge in [-0.25, -0.2) is 4.39 Å². The molecule has 0 saturated heterocycles. The number of amides is 1. The van der Waals surface area contributed by atoms with Crippen molar-refractivity contribution in [2.75, 3.05) is 4.90 Å². The minimum absolute atomic E-state index is 0.0160. The zero-order valence-corrected chi connectivity index (χ0v) is 12.1. The number of halogens is 3. The third-order valence-corrected chi connectivity index (χ3v) is 4.03. The fraction of sp³-hybridized carbons (Fsp3) is 0.0667. The summed E-state index contributed by atoms with van der Waals surface area (Å²) in [4.78, 5) is 25.3. The van der Waals surface area contributed by atoms with Crippen molar-refractivity contribution in [2.45, 2.75) is 6.54 Å². The number of ketones is 1. The maximum absolute atomic E-state index is 13.5. The lowest BCUT2D eigenvalue weighted by Crippen LogP contribution is -2.29. The van der Waals surface area contributed by atoms with Crippen LogP contribution in [0, 0.1) is 5.82 Å². The van der Waals surface area contributed by atoms with Crippen molar-refractivity contribution in [1.29, 1.82) is 0 Å². The number of Topliss-reactive ketones (excluding diaryl/α,β-unsaturated/α-hetero) is 1. The molecule has 21 heavy (non-hydrogen) atoms. The molecule has 0 bridgehead atoms. The average molecular weight is 324 g/mol. The van der Waals surface area contributed by atoms with E-state index in [4.69, 9.17) is 23.2 Å². The molecule has 2 aromatic carbocycles. The summed E-state index contributed by atoms with van der Waals surface area (Å²) in [6.45, 7) is -0.0160. The van der Waals surface area contributed by atoms with Gasteiger partial charge in [-0.05, 0) is 23.8 Å². The zero-order valence-electron chi connectivity index (χ0n) is 10.6. The Balaban J connectivity index is 2.07. The van der Waals surface area contributed by atoms with Crippen LogP contribution in [0.4, 0.5) is 10.1 Å². The summed E-state index contributed by atoms with van der Waals surface area (Å²) in [5.41, 5.74) is 1.00. The number of carbonyl (C=O) groups is 2. The predicted octanol–water partition coefficient (Wildman–Crippen LogP) is 3.86. The van der Waals surface area contributed by atoms with E-state index in [1.807, 2.05) is 0 Å². The molecule has 106 valence electrons. The fourth-order valence-electron chi connectivity index (χ4n) is 2.30. The second kappa shape index (κ2) is 5.13. The van der Waals surface area contributed by atoms with Crippen molar-refractivity contribution in [3.05, 3.63) is 63.4 Å². The van der Waals surface area contributed by atoms with Crippen LogP contribution in [0.15, 0.2) is 36.4 Å². The number of fused-ring (bicyclic) bond motifs is 1. The zero-order chi connectivity index (χ0) is 15.1. The van der Waals surface area contributed by atoms with Gasteiger partial charge in [-0.2, -0.15) is 0 Å². The van der Waals surface area contributed by atoms with Crippen LogP contribution in [-0.4, -0.2) is 11.7 Å². The largest absolute Gasteiger partial charge is 0.299 e. The average Bonchev–Trinajstić information content (AvgIpc) is 2.70. The summed E-state index contributed by atoms with van der Waals surface area (Å²) in [6.07, 6.45) is 0. The summed E-state index contributed by atoms with van der Waals surface area (Å²) in [5.74, 6) is -1.90. The van der Waals surface area contributed by atoms with Crippen LogP contribution >= 0.6 is 23.2 Å². The van der Waals surface area contributed by atoms with Gasteiger partial charge in [-0.3, -0.25) is 14.5 Å². The van der Waals surface area contributed by atoms with Crippen molar-refractivity contribution in [2.24, 2.45) is 0 Å². The van der Waals surface area contributed by atoms with Crippen LogP contribution in [0.5, 0.6) is 0 Å². The summed E-state index contributed by atoms with van der Waals surface area (Å²) in [7, 11) is 0.